The molecule has 2 aromatic heterocycles. The zero-order valence-electron chi connectivity index (χ0n) is 11.6. The summed E-state index contributed by atoms with van der Waals surface area (Å²) in [5, 5.41) is 8.89. The van der Waals surface area contributed by atoms with E-state index in [0.717, 1.165) is 35.0 Å². The average Bonchev–Trinajstić information content (AvgIpc) is 2.81. The molecule has 2 aromatic rings. The van der Waals surface area contributed by atoms with Crippen molar-refractivity contribution in [1.82, 2.24) is 14.6 Å². The number of nitrogen functional groups attached to an aromatic ring is 1. The van der Waals surface area contributed by atoms with Crippen LogP contribution in [-0.2, 0) is 0 Å². The third-order valence-electron chi connectivity index (χ3n) is 5.98. The largest absolute Gasteiger partial charge is 0.398 e. The maximum atomic E-state index is 5.95. The second kappa shape index (κ2) is 3.74. The van der Waals surface area contributed by atoms with Gasteiger partial charge in [0.05, 0.1) is 0 Å². The van der Waals surface area contributed by atoms with Crippen molar-refractivity contribution in [2.75, 3.05) is 5.73 Å². The Bertz CT molecular complexity index is 646. The first-order valence-corrected chi connectivity index (χ1v) is 7.88. The van der Waals surface area contributed by atoms with Crippen LogP contribution in [0.15, 0.2) is 18.3 Å². The normalized spacial score (nSPS) is 38.7. The van der Waals surface area contributed by atoms with Gasteiger partial charge in [0.25, 0.3) is 0 Å². The van der Waals surface area contributed by atoms with Gasteiger partial charge in [0.15, 0.2) is 5.65 Å². The Hall–Kier alpha value is -1.58. The highest BCUT2D eigenvalue weighted by Crippen LogP contribution is 2.59. The number of hydrogen-bond donors (Lipinski definition) is 1. The van der Waals surface area contributed by atoms with Gasteiger partial charge in [0, 0.05) is 17.8 Å². The van der Waals surface area contributed by atoms with Gasteiger partial charge in [-0.1, -0.05) is 0 Å². The van der Waals surface area contributed by atoms with Crippen molar-refractivity contribution in [2.45, 2.75) is 38.0 Å². The molecule has 0 amide bonds. The number of rotatable bonds is 1. The van der Waals surface area contributed by atoms with Crippen molar-refractivity contribution in [1.29, 1.82) is 0 Å². The van der Waals surface area contributed by atoms with Crippen LogP contribution < -0.4 is 5.73 Å². The lowest BCUT2D eigenvalue weighted by Gasteiger charge is -2.53. The van der Waals surface area contributed by atoms with Crippen molar-refractivity contribution >= 4 is 11.3 Å². The van der Waals surface area contributed by atoms with Crippen LogP contribution in [0.4, 0.5) is 5.69 Å². The molecule has 4 saturated carbocycles. The molecule has 4 nitrogen and oxygen atoms in total. The lowest BCUT2D eigenvalue weighted by Crippen LogP contribution is -2.44. The molecule has 0 saturated heterocycles. The van der Waals surface area contributed by atoms with Crippen molar-refractivity contribution in [3.05, 3.63) is 24.2 Å². The molecule has 0 atom stereocenters. The number of hydrogen-bond acceptors (Lipinski definition) is 3. The fourth-order valence-corrected chi connectivity index (χ4v) is 5.50. The quantitative estimate of drug-likeness (QED) is 0.865. The van der Waals surface area contributed by atoms with Gasteiger partial charge in [-0.2, -0.15) is 0 Å². The number of pyridine rings is 1. The molecule has 104 valence electrons. The van der Waals surface area contributed by atoms with E-state index in [2.05, 4.69) is 14.6 Å². The SMILES string of the molecule is Nc1ccc2nnc(C3C4CC5CC(C4)CC3C5)n2c1. The summed E-state index contributed by atoms with van der Waals surface area (Å²) < 4.78 is 2.14. The van der Waals surface area contributed by atoms with E-state index in [1.165, 1.54) is 37.9 Å². The molecule has 0 spiro atoms. The molecule has 2 N–H and O–H groups in total. The molecule has 0 radical (unpaired) electrons. The Morgan fingerprint density at radius 2 is 1.65 bits per heavy atom. The Morgan fingerprint density at radius 3 is 2.35 bits per heavy atom. The van der Waals surface area contributed by atoms with E-state index in [1.54, 1.807) is 0 Å². The van der Waals surface area contributed by atoms with Gasteiger partial charge < -0.3 is 5.73 Å². The van der Waals surface area contributed by atoms with Crippen LogP contribution >= 0.6 is 0 Å². The monoisotopic (exact) mass is 268 g/mol. The highest BCUT2D eigenvalue weighted by atomic mass is 15.2. The van der Waals surface area contributed by atoms with E-state index in [0.29, 0.717) is 5.92 Å². The molecule has 4 bridgehead atoms. The van der Waals surface area contributed by atoms with Crippen LogP contribution in [0, 0.1) is 23.7 Å². The predicted octanol–water partition coefficient (Wildman–Crippen LogP) is 2.85. The number of aromatic nitrogens is 3. The molecule has 4 fully saturated rings. The van der Waals surface area contributed by atoms with E-state index in [9.17, 15) is 0 Å². The zero-order chi connectivity index (χ0) is 13.3. The first-order valence-electron chi connectivity index (χ1n) is 7.88. The van der Waals surface area contributed by atoms with Crippen molar-refractivity contribution in [2.24, 2.45) is 23.7 Å². The van der Waals surface area contributed by atoms with Gasteiger partial charge in [-0.05, 0) is 67.9 Å². The minimum absolute atomic E-state index is 0.611. The van der Waals surface area contributed by atoms with Gasteiger partial charge in [0.2, 0.25) is 0 Å². The Labute approximate surface area is 118 Å². The molecule has 2 heterocycles. The van der Waals surface area contributed by atoms with Crippen LogP contribution in [-0.4, -0.2) is 14.6 Å². The summed E-state index contributed by atoms with van der Waals surface area (Å²) in [6.07, 6.45) is 9.14. The van der Waals surface area contributed by atoms with Gasteiger partial charge in [-0.15, -0.1) is 10.2 Å². The lowest BCUT2D eigenvalue weighted by atomic mass is 9.51. The second-order valence-corrected chi connectivity index (χ2v) is 7.21. The van der Waals surface area contributed by atoms with E-state index < -0.39 is 0 Å². The molecule has 0 aliphatic heterocycles. The minimum Gasteiger partial charge on any atom is -0.398 e. The van der Waals surface area contributed by atoms with Gasteiger partial charge >= 0.3 is 0 Å². The summed E-state index contributed by atoms with van der Waals surface area (Å²) in [5.41, 5.74) is 7.68. The smallest absolute Gasteiger partial charge is 0.160 e. The molecule has 4 heteroatoms. The maximum Gasteiger partial charge on any atom is 0.160 e. The summed E-state index contributed by atoms with van der Waals surface area (Å²) in [4.78, 5) is 0. The Morgan fingerprint density at radius 1 is 0.950 bits per heavy atom. The van der Waals surface area contributed by atoms with Crippen LogP contribution in [0.1, 0.15) is 43.8 Å². The molecule has 0 aromatic carbocycles. The van der Waals surface area contributed by atoms with E-state index in [4.69, 9.17) is 5.73 Å². The van der Waals surface area contributed by atoms with Gasteiger partial charge in [-0.3, -0.25) is 4.40 Å². The summed E-state index contributed by atoms with van der Waals surface area (Å²) in [6, 6.07) is 3.88. The molecular formula is C16H20N4. The fraction of sp³-hybridized carbons (Fsp3) is 0.625. The first-order chi connectivity index (χ1) is 9.78. The van der Waals surface area contributed by atoms with Crippen molar-refractivity contribution in [3.63, 3.8) is 0 Å². The van der Waals surface area contributed by atoms with Gasteiger partial charge in [0.1, 0.15) is 5.82 Å². The van der Waals surface area contributed by atoms with Crippen molar-refractivity contribution < 1.29 is 0 Å². The van der Waals surface area contributed by atoms with Crippen LogP contribution in [0.5, 0.6) is 0 Å². The van der Waals surface area contributed by atoms with Crippen LogP contribution in [0.2, 0.25) is 0 Å². The maximum absolute atomic E-state index is 5.95. The van der Waals surface area contributed by atoms with E-state index in [1.807, 2.05) is 18.3 Å². The van der Waals surface area contributed by atoms with Gasteiger partial charge in [-0.25, -0.2) is 0 Å². The topological polar surface area (TPSA) is 56.2 Å². The highest BCUT2D eigenvalue weighted by Gasteiger charge is 2.50. The summed E-state index contributed by atoms with van der Waals surface area (Å²) >= 11 is 0. The minimum atomic E-state index is 0.611. The summed E-state index contributed by atoms with van der Waals surface area (Å²) in [5.74, 6) is 5.44. The molecule has 20 heavy (non-hydrogen) atoms. The average molecular weight is 268 g/mol. The molecular weight excluding hydrogens is 248 g/mol. The second-order valence-electron chi connectivity index (χ2n) is 7.21. The molecule has 4 aliphatic rings. The van der Waals surface area contributed by atoms with Crippen LogP contribution in [0.25, 0.3) is 5.65 Å². The number of fused-ring (bicyclic) bond motifs is 1. The third kappa shape index (κ3) is 1.42. The van der Waals surface area contributed by atoms with E-state index in [-0.39, 0.29) is 0 Å². The number of nitrogens with two attached hydrogens (primary N) is 1. The number of nitrogens with zero attached hydrogens (tertiary/aromatic N) is 3. The third-order valence-corrected chi connectivity index (χ3v) is 5.98. The molecule has 0 unspecified atom stereocenters. The predicted molar refractivity (Wildman–Crippen MR) is 77.2 cm³/mol. The molecule has 4 aliphatic carbocycles. The highest BCUT2D eigenvalue weighted by molar-refractivity contribution is 5.47. The number of anilines is 1. The molecule has 6 rings (SSSR count). The summed E-state index contributed by atoms with van der Waals surface area (Å²) in [6.45, 7) is 0. The summed E-state index contributed by atoms with van der Waals surface area (Å²) in [7, 11) is 0. The Balaban J connectivity index is 1.63. The Kier molecular flexibility index (Phi) is 2.08. The van der Waals surface area contributed by atoms with Crippen LogP contribution in [0.3, 0.4) is 0 Å². The fourth-order valence-electron chi connectivity index (χ4n) is 5.50. The standard InChI is InChI=1S/C16H20N4/c17-13-1-2-14-18-19-16(20(14)8-13)15-11-4-9-3-10(6-11)7-12(15)5-9/h1-2,8-12,15H,3-7,17H2. The zero-order valence-corrected chi connectivity index (χ0v) is 11.6. The van der Waals surface area contributed by atoms with Crippen molar-refractivity contribution in [3.8, 4) is 0 Å². The van der Waals surface area contributed by atoms with E-state index >= 15 is 0 Å². The lowest BCUT2D eigenvalue weighted by molar-refractivity contribution is -0.00596. The first kappa shape index (κ1) is 11.1.